The van der Waals surface area contributed by atoms with Crippen LogP contribution < -0.4 is 5.32 Å². The Morgan fingerprint density at radius 1 is 1.00 bits per heavy atom. The summed E-state index contributed by atoms with van der Waals surface area (Å²) in [6.07, 6.45) is 3.02. The smallest absolute Gasteiger partial charge is 0.224 e. The summed E-state index contributed by atoms with van der Waals surface area (Å²) in [5.41, 5.74) is 3.21. The van der Waals surface area contributed by atoms with Crippen molar-refractivity contribution in [3.63, 3.8) is 0 Å². The summed E-state index contributed by atoms with van der Waals surface area (Å²) in [4.78, 5) is 29.1. The zero-order valence-electron chi connectivity index (χ0n) is 15.6. The van der Waals surface area contributed by atoms with E-state index in [9.17, 15) is 9.59 Å². The second kappa shape index (κ2) is 9.03. The number of aromatic amines is 1. The van der Waals surface area contributed by atoms with E-state index >= 15 is 0 Å². The summed E-state index contributed by atoms with van der Waals surface area (Å²) in [5, 5.41) is 3.99. The average Bonchev–Trinajstić information content (AvgIpc) is 3.08. The molecule has 1 aromatic heterocycles. The van der Waals surface area contributed by atoms with Gasteiger partial charge in [-0.2, -0.15) is 0 Å². The van der Waals surface area contributed by atoms with Crippen LogP contribution in [0.15, 0.2) is 60.8 Å². The highest BCUT2D eigenvalue weighted by atomic mass is 16.2. The van der Waals surface area contributed by atoms with Crippen molar-refractivity contribution in [2.24, 2.45) is 0 Å². The van der Waals surface area contributed by atoms with Crippen molar-refractivity contribution in [3.05, 3.63) is 71.9 Å². The van der Waals surface area contributed by atoms with Crippen LogP contribution in [-0.4, -0.2) is 41.3 Å². The molecule has 0 atom stereocenters. The zero-order valence-corrected chi connectivity index (χ0v) is 15.6. The fourth-order valence-electron chi connectivity index (χ4n) is 3.18. The number of amides is 2. The molecule has 5 heteroatoms. The first-order valence-electron chi connectivity index (χ1n) is 9.24. The number of fused-ring (bicyclic) bond motifs is 1. The van der Waals surface area contributed by atoms with Crippen LogP contribution in [0.3, 0.4) is 0 Å². The van der Waals surface area contributed by atoms with Crippen molar-refractivity contribution in [1.29, 1.82) is 0 Å². The third-order valence-electron chi connectivity index (χ3n) is 4.69. The van der Waals surface area contributed by atoms with E-state index in [4.69, 9.17) is 0 Å². The molecular weight excluding hydrogens is 338 g/mol. The molecule has 2 aromatic carbocycles. The Balaban J connectivity index is 1.46. The van der Waals surface area contributed by atoms with Crippen molar-refractivity contribution in [3.8, 4) is 0 Å². The van der Waals surface area contributed by atoms with Gasteiger partial charge in [0.2, 0.25) is 11.8 Å². The molecule has 2 N–H and O–H groups in total. The molecule has 5 nitrogen and oxygen atoms in total. The van der Waals surface area contributed by atoms with Gasteiger partial charge in [-0.1, -0.05) is 48.5 Å². The van der Waals surface area contributed by atoms with Gasteiger partial charge in [-0.25, -0.2) is 0 Å². The van der Waals surface area contributed by atoms with Gasteiger partial charge in [-0.15, -0.1) is 0 Å². The molecule has 0 spiro atoms. The number of H-pyrrole nitrogens is 1. The first-order chi connectivity index (χ1) is 13.1. The lowest BCUT2D eigenvalue weighted by atomic mass is 10.1. The highest BCUT2D eigenvalue weighted by Crippen LogP contribution is 2.17. The minimum absolute atomic E-state index is 0.0248. The van der Waals surface area contributed by atoms with Crippen LogP contribution >= 0.6 is 0 Å². The molecule has 0 saturated carbocycles. The SMILES string of the molecule is CC(=O)N(CCNC(=O)Cc1c[nH]c2ccccc12)CCc1ccccc1. The minimum Gasteiger partial charge on any atom is -0.361 e. The fourth-order valence-corrected chi connectivity index (χ4v) is 3.18. The van der Waals surface area contributed by atoms with E-state index in [1.165, 1.54) is 5.56 Å². The highest BCUT2D eigenvalue weighted by Gasteiger charge is 2.11. The molecule has 27 heavy (non-hydrogen) atoms. The maximum Gasteiger partial charge on any atom is 0.224 e. The number of hydrogen-bond donors (Lipinski definition) is 2. The molecule has 2 amide bonds. The Kier molecular flexibility index (Phi) is 6.26. The molecule has 0 saturated heterocycles. The Hall–Kier alpha value is -3.08. The van der Waals surface area contributed by atoms with Crippen LogP contribution in [-0.2, 0) is 22.4 Å². The van der Waals surface area contributed by atoms with Gasteiger partial charge in [0, 0.05) is 43.7 Å². The lowest BCUT2D eigenvalue weighted by molar-refractivity contribution is -0.129. The standard InChI is InChI=1S/C22H25N3O2/c1-17(26)25(13-11-18-7-3-2-4-8-18)14-12-23-22(27)15-19-16-24-21-10-6-5-9-20(19)21/h2-10,16,24H,11-15H2,1H3,(H,23,27). The van der Waals surface area contributed by atoms with Gasteiger partial charge in [0.05, 0.1) is 6.42 Å². The number of hydrogen-bond acceptors (Lipinski definition) is 2. The van der Waals surface area contributed by atoms with Gasteiger partial charge < -0.3 is 15.2 Å². The number of carbonyl (C=O) groups excluding carboxylic acids is 2. The fraction of sp³-hybridized carbons (Fsp3) is 0.273. The van der Waals surface area contributed by atoms with E-state index in [1.807, 2.05) is 48.7 Å². The van der Waals surface area contributed by atoms with Crippen molar-refractivity contribution in [2.75, 3.05) is 19.6 Å². The molecule has 0 fully saturated rings. The Morgan fingerprint density at radius 2 is 1.74 bits per heavy atom. The summed E-state index contributed by atoms with van der Waals surface area (Å²) in [7, 11) is 0. The molecule has 0 aliphatic heterocycles. The summed E-state index contributed by atoms with van der Waals surface area (Å²) in [6, 6.07) is 18.0. The van der Waals surface area contributed by atoms with Crippen LogP contribution in [0.2, 0.25) is 0 Å². The lowest BCUT2D eigenvalue weighted by Crippen LogP contribution is -2.39. The van der Waals surface area contributed by atoms with Gasteiger partial charge in [-0.3, -0.25) is 9.59 Å². The van der Waals surface area contributed by atoms with Crippen LogP contribution in [0.4, 0.5) is 0 Å². The molecule has 0 aliphatic carbocycles. The Bertz CT molecular complexity index is 902. The van der Waals surface area contributed by atoms with Gasteiger partial charge in [0.25, 0.3) is 0 Å². The van der Waals surface area contributed by atoms with E-state index in [0.717, 1.165) is 22.9 Å². The third-order valence-corrected chi connectivity index (χ3v) is 4.69. The summed E-state index contributed by atoms with van der Waals surface area (Å²) in [6.45, 7) is 3.19. The van der Waals surface area contributed by atoms with Gasteiger partial charge in [-0.05, 0) is 23.6 Å². The van der Waals surface area contributed by atoms with E-state index in [2.05, 4.69) is 22.4 Å². The van der Waals surface area contributed by atoms with E-state index < -0.39 is 0 Å². The predicted molar refractivity (Wildman–Crippen MR) is 107 cm³/mol. The van der Waals surface area contributed by atoms with Crippen LogP contribution in [0.25, 0.3) is 10.9 Å². The first kappa shape index (κ1) is 18.7. The number of benzene rings is 2. The highest BCUT2D eigenvalue weighted by molar-refractivity contribution is 5.88. The summed E-state index contributed by atoms with van der Waals surface area (Å²) in [5.74, 6) is -0.0110. The number of nitrogens with zero attached hydrogens (tertiary/aromatic N) is 1. The molecule has 3 aromatic rings. The molecular formula is C22H25N3O2. The average molecular weight is 363 g/mol. The summed E-state index contributed by atoms with van der Waals surface area (Å²) >= 11 is 0. The quantitative estimate of drug-likeness (QED) is 0.646. The van der Waals surface area contributed by atoms with Gasteiger partial charge >= 0.3 is 0 Å². The molecule has 3 rings (SSSR count). The van der Waals surface area contributed by atoms with E-state index in [1.54, 1.807) is 11.8 Å². The topological polar surface area (TPSA) is 65.2 Å². The van der Waals surface area contributed by atoms with Crippen molar-refractivity contribution in [1.82, 2.24) is 15.2 Å². The molecule has 0 aliphatic rings. The van der Waals surface area contributed by atoms with Crippen molar-refractivity contribution < 1.29 is 9.59 Å². The molecule has 1 heterocycles. The number of para-hydroxylation sites is 1. The maximum absolute atomic E-state index is 12.3. The maximum atomic E-state index is 12.3. The molecule has 0 bridgehead atoms. The van der Waals surface area contributed by atoms with Crippen molar-refractivity contribution >= 4 is 22.7 Å². The van der Waals surface area contributed by atoms with Crippen molar-refractivity contribution in [2.45, 2.75) is 19.8 Å². The van der Waals surface area contributed by atoms with E-state index in [0.29, 0.717) is 26.1 Å². The molecule has 140 valence electrons. The minimum atomic E-state index is -0.0358. The summed E-state index contributed by atoms with van der Waals surface area (Å²) < 4.78 is 0. The number of rotatable bonds is 8. The van der Waals surface area contributed by atoms with E-state index in [-0.39, 0.29) is 11.8 Å². The Labute approximate surface area is 159 Å². The number of carbonyl (C=O) groups is 2. The monoisotopic (exact) mass is 363 g/mol. The third kappa shape index (κ3) is 5.20. The molecule has 0 unspecified atom stereocenters. The van der Waals surface area contributed by atoms with Crippen LogP contribution in [0.1, 0.15) is 18.1 Å². The second-order valence-electron chi connectivity index (χ2n) is 6.63. The van der Waals surface area contributed by atoms with Crippen LogP contribution in [0, 0.1) is 0 Å². The Morgan fingerprint density at radius 3 is 2.52 bits per heavy atom. The normalized spacial score (nSPS) is 10.7. The molecule has 0 radical (unpaired) electrons. The zero-order chi connectivity index (χ0) is 19.1. The first-order valence-corrected chi connectivity index (χ1v) is 9.24. The lowest BCUT2D eigenvalue weighted by Gasteiger charge is -2.21. The van der Waals surface area contributed by atoms with Crippen LogP contribution in [0.5, 0.6) is 0 Å². The largest absolute Gasteiger partial charge is 0.361 e. The second-order valence-corrected chi connectivity index (χ2v) is 6.63. The number of aromatic nitrogens is 1. The van der Waals surface area contributed by atoms with Gasteiger partial charge in [0.1, 0.15) is 0 Å². The number of nitrogens with one attached hydrogen (secondary N) is 2. The van der Waals surface area contributed by atoms with Gasteiger partial charge in [0.15, 0.2) is 0 Å². The predicted octanol–water partition coefficient (Wildman–Crippen LogP) is 2.92.